The number of carbonyl (C=O) groups excluding carboxylic acids is 3. The summed E-state index contributed by atoms with van der Waals surface area (Å²) in [5.41, 5.74) is 0.185. The largest absolute Gasteiger partial charge is 0.444 e. The van der Waals surface area contributed by atoms with Crippen molar-refractivity contribution in [2.75, 3.05) is 12.0 Å². The molecule has 0 bridgehead atoms. The minimum atomic E-state index is -0.849. The summed E-state index contributed by atoms with van der Waals surface area (Å²) in [7, 11) is 0. The second-order valence-electron chi connectivity index (χ2n) is 10.9. The smallest absolute Gasteiger partial charge is 0.408 e. The van der Waals surface area contributed by atoms with E-state index in [-0.39, 0.29) is 17.9 Å². The highest BCUT2D eigenvalue weighted by atomic mass is 32.2. The Kier molecular flexibility index (Phi) is 9.68. The predicted molar refractivity (Wildman–Crippen MR) is 141 cm³/mol. The zero-order valence-electron chi connectivity index (χ0n) is 21.9. The van der Waals surface area contributed by atoms with Gasteiger partial charge in [0.05, 0.1) is 0 Å². The normalized spacial score (nSPS) is 15.4. The molecule has 2 rings (SSSR count). The number of hydrogen-bond acceptors (Lipinski definition) is 5. The van der Waals surface area contributed by atoms with E-state index in [1.165, 1.54) is 0 Å². The average molecular weight is 502 g/mol. The van der Waals surface area contributed by atoms with Crippen molar-refractivity contribution in [1.29, 1.82) is 0 Å². The molecule has 1 aliphatic rings. The molecule has 2 unspecified atom stereocenters. The van der Waals surface area contributed by atoms with Crippen LogP contribution in [0, 0.1) is 12.3 Å². The average Bonchev–Trinajstić information content (AvgIpc) is 3.57. The lowest BCUT2D eigenvalue weighted by molar-refractivity contribution is -0.143. The molecule has 3 amide bonds. The first-order valence-corrected chi connectivity index (χ1v) is 13.3. The summed E-state index contributed by atoms with van der Waals surface area (Å²) >= 11 is 1.59. The van der Waals surface area contributed by atoms with Crippen LogP contribution in [0.4, 0.5) is 4.79 Å². The van der Waals surface area contributed by atoms with E-state index in [1.807, 2.05) is 27.0 Å². The number of nitrogens with one attached hydrogen (secondary N) is 2. The maximum Gasteiger partial charge on any atom is 0.408 e. The number of rotatable bonds is 9. The first-order valence-electron chi connectivity index (χ1n) is 11.9. The van der Waals surface area contributed by atoms with Crippen molar-refractivity contribution in [3.63, 3.8) is 0 Å². The fraction of sp³-hybridized carbons (Fsp3) is 0.593. The molecule has 7 nitrogen and oxygen atoms in total. The van der Waals surface area contributed by atoms with Crippen molar-refractivity contribution < 1.29 is 19.1 Å². The monoisotopic (exact) mass is 501 g/mol. The maximum absolute atomic E-state index is 14.0. The Morgan fingerprint density at radius 1 is 1.14 bits per heavy atom. The van der Waals surface area contributed by atoms with E-state index >= 15 is 0 Å². The molecule has 0 heterocycles. The number of carbonyl (C=O) groups is 3. The van der Waals surface area contributed by atoms with Gasteiger partial charge in [0.1, 0.15) is 17.7 Å². The van der Waals surface area contributed by atoms with Crippen molar-refractivity contribution in [2.45, 2.75) is 90.1 Å². The van der Waals surface area contributed by atoms with Crippen LogP contribution >= 0.6 is 11.8 Å². The standard InChI is InChI=1S/C27H39N3O4S/c1-9-18-10-12-19(13-11-18)22(23(31)29-26(2,3)4)30(20-14-15-20)24(32)21(16-17-35-8)28-25(33)34-27(5,6)7/h1,10-13,20-22H,14-17H2,2-8H3,(H,28,33)(H,29,31). The Morgan fingerprint density at radius 3 is 2.20 bits per heavy atom. The number of thioether (sulfide) groups is 1. The molecule has 2 atom stereocenters. The summed E-state index contributed by atoms with van der Waals surface area (Å²) in [6.07, 6.45) is 8.83. The molecule has 35 heavy (non-hydrogen) atoms. The lowest BCUT2D eigenvalue weighted by atomic mass is 9.99. The Morgan fingerprint density at radius 2 is 1.74 bits per heavy atom. The van der Waals surface area contributed by atoms with Gasteiger partial charge in [-0.1, -0.05) is 18.1 Å². The molecule has 0 aliphatic heterocycles. The van der Waals surface area contributed by atoms with E-state index < -0.39 is 29.3 Å². The van der Waals surface area contributed by atoms with Crippen LogP contribution in [0.15, 0.2) is 24.3 Å². The molecule has 8 heteroatoms. The fourth-order valence-electron chi connectivity index (χ4n) is 3.63. The summed E-state index contributed by atoms with van der Waals surface area (Å²) < 4.78 is 5.41. The summed E-state index contributed by atoms with van der Waals surface area (Å²) in [5, 5.41) is 5.79. The van der Waals surface area contributed by atoms with E-state index in [9.17, 15) is 14.4 Å². The number of nitrogens with zero attached hydrogens (tertiary/aromatic N) is 1. The molecule has 1 aromatic carbocycles. The number of amides is 3. The summed E-state index contributed by atoms with van der Waals surface area (Å²) in [6, 6.07) is 5.39. The van der Waals surface area contributed by atoms with Gasteiger partial charge in [-0.15, -0.1) is 6.42 Å². The van der Waals surface area contributed by atoms with Crippen LogP contribution in [0.2, 0.25) is 0 Å². The molecular weight excluding hydrogens is 462 g/mol. The van der Waals surface area contributed by atoms with Crippen LogP contribution < -0.4 is 10.6 Å². The SMILES string of the molecule is C#Cc1ccc(C(C(=O)NC(C)(C)C)N(C(=O)C(CCSC)NC(=O)OC(C)(C)C)C2CC2)cc1. The van der Waals surface area contributed by atoms with Gasteiger partial charge in [0.15, 0.2) is 0 Å². The van der Waals surface area contributed by atoms with E-state index in [4.69, 9.17) is 11.2 Å². The van der Waals surface area contributed by atoms with Gasteiger partial charge < -0.3 is 20.3 Å². The second-order valence-corrected chi connectivity index (χ2v) is 11.9. The third-order valence-electron chi connectivity index (χ3n) is 5.21. The van der Waals surface area contributed by atoms with Crippen LogP contribution in [0.1, 0.15) is 78.0 Å². The molecule has 2 N–H and O–H groups in total. The zero-order valence-corrected chi connectivity index (χ0v) is 22.8. The van der Waals surface area contributed by atoms with Gasteiger partial charge in [-0.2, -0.15) is 11.8 Å². The van der Waals surface area contributed by atoms with E-state index in [1.54, 1.807) is 61.7 Å². The van der Waals surface area contributed by atoms with E-state index in [0.29, 0.717) is 23.3 Å². The summed E-state index contributed by atoms with van der Waals surface area (Å²) in [5.74, 6) is 2.69. The van der Waals surface area contributed by atoms with Crippen LogP contribution in [-0.2, 0) is 14.3 Å². The first-order chi connectivity index (χ1) is 16.3. The molecular formula is C27H39N3O4S. The number of alkyl carbamates (subject to hydrolysis) is 1. The number of terminal acetylenes is 1. The van der Waals surface area contributed by atoms with E-state index in [2.05, 4.69) is 16.6 Å². The van der Waals surface area contributed by atoms with Crippen molar-refractivity contribution in [3.05, 3.63) is 35.4 Å². The Balaban J connectivity index is 2.45. The number of benzene rings is 1. The molecule has 1 aliphatic carbocycles. The summed E-state index contributed by atoms with van der Waals surface area (Å²) in [6.45, 7) is 11.0. The molecule has 0 radical (unpaired) electrons. The van der Waals surface area contributed by atoms with Crippen molar-refractivity contribution in [1.82, 2.24) is 15.5 Å². The van der Waals surface area contributed by atoms with Gasteiger partial charge in [0.25, 0.3) is 0 Å². The predicted octanol–water partition coefficient (Wildman–Crippen LogP) is 4.26. The number of hydrogen-bond donors (Lipinski definition) is 2. The van der Waals surface area contributed by atoms with Crippen molar-refractivity contribution >= 4 is 29.7 Å². The Hall–Kier alpha value is -2.66. The fourth-order valence-corrected chi connectivity index (χ4v) is 4.10. The van der Waals surface area contributed by atoms with Gasteiger partial charge in [-0.05, 0) is 90.5 Å². The highest BCUT2D eigenvalue weighted by molar-refractivity contribution is 7.98. The summed E-state index contributed by atoms with van der Waals surface area (Å²) in [4.78, 5) is 41.8. The van der Waals surface area contributed by atoms with Crippen LogP contribution in [0.25, 0.3) is 0 Å². The first kappa shape index (κ1) is 28.6. The minimum Gasteiger partial charge on any atom is -0.444 e. The second kappa shape index (κ2) is 11.9. The molecule has 0 saturated heterocycles. The maximum atomic E-state index is 14.0. The van der Waals surface area contributed by atoms with Crippen LogP contribution in [-0.4, -0.2) is 58.0 Å². The quantitative estimate of drug-likeness (QED) is 0.494. The molecule has 1 fully saturated rings. The van der Waals surface area contributed by atoms with Gasteiger partial charge in [0, 0.05) is 17.1 Å². The molecule has 0 spiro atoms. The Bertz CT molecular complexity index is 937. The van der Waals surface area contributed by atoms with Crippen LogP contribution in [0.5, 0.6) is 0 Å². The molecule has 1 aromatic rings. The van der Waals surface area contributed by atoms with Crippen LogP contribution in [0.3, 0.4) is 0 Å². The third kappa shape index (κ3) is 9.14. The van der Waals surface area contributed by atoms with Crippen molar-refractivity contribution in [3.8, 4) is 12.3 Å². The Labute approximate surface area is 214 Å². The highest BCUT2D eigenvalue weighted by Crippen LogP contribution is 2.36. The lowest BCUT2D eigenvalue weighted by Gasteiger charge is -2.36. The van der Waals surface area contributed by atoms with Gasteiger partial charge >= 0.3 is 6.09 Å². The van der Waals surface area contributed by atoms with Crippen molar-refractivity contribution in [2.24, 2.45) is 0 Å². The minimum absolute atomic E-state index is 0.0808. The molecule has 192 valence electrons. The lowest BCUT2D eigenvalue weighted by Crippen LogP contribution is -2.55. The van der Waals surface area contributed by atoms with Gasteiger partial charge in [0.2, 0.25) is 11.8 Å². The van der Waals surface area contributed by atoms with Gasteiger partial charge in [-0.3, -0.25) is 9.59 Å². The van der Waals surface area contributed by atoms with Gasteiger partial charge in [-0.25, -0.2) is 4.79 Å². The third-order valence-corrected chi connectivity index (χ3v) is 5.86. The molecule has 0 aromatic heterocycles. The molecule has 1 saturated carbocycles. The zero-order chi connectivity index (χ0) is 26.4. The highest BCUT2D eigenvalue weighted by Gasteiger charge is 2.44. The number of ether oxygens (including phenoxy) is 1. The van der Waals surface area contributed by atoms with E-state index in [0.717, 1.165) is 12.8 Å². The topological polar surface area (TPSA) is 87.7 Å².